The van der Waals surface area contributed by atoms with Crippen molar-refractivity contribution in [2.24, 2.45) is 23.7 Å². The number of ether oxygens (including phenoxy) is 1. The number of nitrogens with zero attached hydrogens (tertiary/aromatic N) is 1. The first-order valence-corrected chi connectivity index (χ1v) is 11.6. The van der Waals surface area contributed by atoms with Crippen LogP contribution in [-0.4, -0.2) is 57.0 Å². The molecule has 1 aliphatic heterocycles. The van der Waals surface area contributed by atoms with Crippen LogP contribution < -0.4 is 0 Å². The van der Waals surface area contributed by atoms with E-state index in [9.17, 15) is 19.5 Å². The summed E-state index contributed by atoms with van der Waals surface area (Å²) in [5.74, 6) is 1.17. The second kappa shape index (κ2) is 7.63. The Morgan fingerprint density at radius 3 is 2.18 bits per heavy atom. The van der Waals surface area contributed by atoms with Gasteiger partial charge in [-0.05, 0) is 56.3 Å². The highest BCUT2D eigenvalue weighted by Crippen LogP contribution is 2.57. The molecule has 1 unspecified atom stereocenters. The maximum Gasteiger partial charge on any atom is 0.326 e. The molecule has 7 heteroatoms. The molecule has 4 saturated carbocycles. The van der Waals surface area contributed by atoms with Crippen LogP contribution in [0.1, 0.15) is 58.8 Å². The minimum absolute atomic E-state index is 0.0288. The van der Waals surface area contributed by atoms with Crippen molar-refractivity contribution in [3.05, 3.63) is 0 Å². The summed E-state index contributed by atoms with van der Waals surface area (Å²) in [6.45, 7) is 3.60. The average Bonchev–Trinajstić information content (AvgIpc) is 3.01. The quantitative estimate of drug-likeness (QED) is 0.726. The Kier molecular flexibility index (Phi) is 5.51. The average molecular weight is 410 g/mol. The number of amides is 1. The van der Waals surface area contributed by atoms with Crippen LogP contribution >= 0.6 is 11.8 Å². The third-order valence-electron chi connectivity index (χ3n) is 7.19. The number of hydrogen-bond acceptors (Lipinski definition) is 5. The van der Waals surface area contributed by atoms with E-state index in [-0.39, 0.29) is 28.6 Å². The van der Waals surface area contributed by atoms with Crippen molar-refractivity contribution >= 4 is 28.8 Å². The van der Waals surface area contributed by atoms with Crippen molar-refractivity contribution in [1.29, 1.82) is 0 Å². The summed E-state index contributed by atoms with van der Waals surface area (Å²) < 4.78 is 6.63. The van der Waals surface area contributed by atoms with Crippen molar-refractivity contribution in [3.8, 4) is 0 Å². The molecule has 0 aromatic heterocycles. The van der Waals surface area contributed by atoms with Gasteiger partial charge in [0.2, 0.25) is 5.91 Å². The molecule has 0 radical (unpaired) electrons. The third kappa shape index (κ3) is 3.97. The summed E-state index contributed by atoms with van der Waals surface area (Å²) in [4.78, 5) is 37.3. The monoisotopic (exact) mass is 409 g/mol. The fourth-order valence-electron chi connectivity index (χ4n) is 6.49. The van der Waals surface area contributed by atoms with E-state index >= 15 is 0 Å². The van der Waals surface area contributed by atoms with E-state index < -0.39 is 12.0 Å². The van der Waals surface area contributed by atoms with Gasteiger partial charge < -0.3 is 14.7 Å². The number of carbonyl (C=O) groups excluding carboxylic acids is 2. The fourth-order valence-corrected chi connectivity index (χ4v) is 7.11. The number of carbonyl (C=O) groups is 3. The van der Waals surface area contributed by atoms with Gasteiger partial charge in [-0.25, -0.2) is 4.79 Å². The summed E-state index contributed by atoms with van der Waals surface area (Å²) in [7, 11) is 0. The van der Waals surface area contributed by atoms with Crippen molar-refractivity contribution in [2.75, 3.05) is 12.3 Å². The Morgan fingerprint density at radius 2 is 1.68 bits per heavy atom. The zero-order valence-electron chi connectivity index (χ0n) is 16.8. The zero-order chi connectivity index (χ0) is 20.1. The van der Waals surface area contributed by atoms with E-state index in [0.29, 0.717) is 18.7 Å². The van der Waals surface area contributed by atoms with Gasteiger partial charge in [0, 0.05) is 31.6 Å². The number of likely N-dealkylation sites (tertiary alicyclic amines) is 1. The SMILES string of the molecule is CC(=O)SCC(C)C(=O)N1C[C@@H](OC23CC4CC(CC(C4)C2)C3)C[C@H]1C(=O)O. The molecule has 3 atom stereocenters. The van der Waals surface area contributed by atoms with E-state index in [0.717, 1.165) is 48.8 Å². The van der Waals surface area contributed by atoms with Crippen LogP contribution in [0.2, 0.25) is 0 Å². The Labute approximate surface area is 170 Å². The summed E-state index contributed by atoms with van der Waals surface area (Å²) >= 11 is 1.12. The fraction of sp³-hybridized carbons (Fsp3) is 0.857. The van der Waals surface area contributed by atoms with Crippen molar-refractivity contribution in [2.45, 2.75) is 76.5 Å². The third-order valence-corrected chi connectivity index (χ3v) is 8.26. The zero-order valence-corrected chi connectivity index (χ0v) is 17.6. The molecule has 1 saturated heterocycles. The highest BCUT2D eigenvalue weighted by molar-refractivity contribution is 8.13. The number of carboxylic acids is 1. The van der Waals surface area contributed by atoms with Gasteiger partial charge in [-0.1, -0.05) is 18.7 Å². The predicted molar refractivity (Wildman–Crippen MR) is 106 cm³/mol. The molecule has 0 spiro atoms. The topological polar surface area (TPSA) is 83.9 Å². The van der Waals surface area contributed by atoms with Gasteiger partial charge in [-0.2, -0.15) is 0 Å². The van der Waals surface area contributed by atoms with E-state index in [4.69, 9.17) is 4.74 Å². The van der Waals surface area contributed by atoms with Crippen LogP contribution in [0, 0.1) is 23.7 Å². The number of rotatable bonds is 6. The minimum Gasteiger partial charge on any atom is -0.480 e. The second-order valence-corrected chi connectivity index (χ2v) is 10.8. The molecule has 0 aromatic carbocycles. The van der Waals surface area contributed by atoms with Gasteiger partial charge in [0.05, 0.1) is 11.7 Å². The standard InChI is InChI=1S/C21H31NO5S/c1-12(11-28-13(2)23)19(24)22-10-17(6-18(22)20(25)26)27-21-7-14-3-15(8-21)5-16(4-14)9-21/h12,14-18H,3-11H2,1-2H3,(H,25,26)/t12?,14?,15?,16?,17-,18-,21?/m0/s1. The molecule has 4 aliphatic carbocycles. The molecule has 4 bridgehead atoms. The molecule has 156 valence electrons. The Morgan fingerprint density at radius 1 is 1.11 bits per heavy atom. The smallest absolute Gasteiger partial charge is 0.326 e. The van der Waals surface area contributed by atoms with E-state index in [1.165, 1.54) is 31.1 Å². The molecule has 5 fully saturated rings. The highest BCUT2D eigenvalue weighted by atomic mass is 32.2. The molecular formula is C21H31NO5S. The molecule has 1 heterocycles. The van der Waals surface area contributed by atoms with Crippen LogP contribution in [0.5, 0.6) is 0 Å². The van der Waals surface area contributed by atoms with Crippen LogP contribution in [0.3, 0.4) is 0 Å². The van der Waals surface area contributed by atoms with E-state index in [2.05, 4.69) is 0 Å². The van der Waals surface area contributed by atoms with Gasteiger partial charge in [0.25, 0.3) is 0 Å². The highest BCUT2D eigenvalue weighted by Gasteiger charge is 2.54. The van der Waals surface area contributed by atoms with E-state index in [1.54, 1.807) is 6.92 Å². The Hall–Kier alpha value is -1.08. The van der Waals surface area contributed by atoms with Gasteiger partial charge in [0.15, 0.2) is 5.12 Å². The number of thioether (sulfide) groups is 1. The van der Waals surface area contributed by atoms with Crippen LogP contribution in [0.25, 0.3) is 0 Å². The van der Waals surface area contributed by atoms with E-state index in [1.807, 2.05) is 0 Å². The number of aliphatic carboxylic acids is 1. The maximum absolute atomic E-state index is 12.9. The molecule has 5 rings (SSSR count). The second-order valence-electron chi connectivity index (χ2n) is 9.62. The molecular weight excluding hydrogens is 378 g/mol. The Bertz CT molecular complexity index is 630. The number of hydrogen-bond donors (Lipinski definition) is 1. The van der Waals surface area contributed by atoms with Crippen LogP contribution in [-0.2, 0) is 19.1 Å². The summed E-state index contributed by atoms with van der Waals surface area (Å²) in [5.41, 5.74) is -0.0857. The first kappa shape index (κ1) is 20.2. The Balaban J connectivity index is 1.42. The summed E-state index contributed by atoms with van der Waals surface area (Å²) in [6.07, 6.45) is 7.49. The molecule has 1 N–H and O–H groups in total. The van der Waals surface area contributed by atoms with Gasteiger partial charge >= 0.3 is 5.97 Å². The van der Waals surface area contributed by atoms with Crippen molar-refractivity contribution in [3.63, 3.8) is 0 Å². The van der Waals surface area contributed by atoms with Crippen LogP contribution in [0.4, 0.5) is 0 Å². The first-order chi connectivity index (χ1) is 13.2. The predicted octanol–water partition coefficient (Wildman–Crippen LogP) is 2.94. The van der Waals surface area contributed by atoms with Gasteiger partial charge in [-0.15, -0.1) is 0 Å². The number of carboxylic acid groups (broad SMARTS) is 1. The molecule has 6 nitrogen and oxygen atoms in total. The lowest BCUT2D eigenvalue weighted by atomic mass is 9.54. The van der Waals surface area contributed by atoms with Crippen molar-refractivity contribution in [1.82, 2.24) is 4.90 Å². The lowest BCUT2D eigenvalue weighted by Crippen LogP contribution is -2.53. The first-order valence-electron chi connectivity index (χ1n) is 10.6. The molecule has 28 heavy (non-hydrogen) atoms. The normalized spacial score (nSPS) is 39.9. The largest absolute Gasteiger partial charge is 0.480 e. The molecule has 5 aliphatic rings. The summed E-state index contributed by atoms with van der Waals surface area (Å²) in [6, 6.07) is -0.823. The lowest BCUT2D eigenvalue weighted by molar-refractivity contribution is -0.185. The summed E-state index contributed by atoms with van der Waals surface area (Å²) in [5, 5.41) is 9.64. The lowest BCUT2D eigenvalue weighted by Gasteiger charge is -2.57. The molecule has 1 amide bonds. The maximum atomic E-state index is 12.9. The molecule has 0 aromatic rings. The van der Waals surface area contributed by atoms with Gasteiger partial charge in [-0.3, -0.25) is 9.59 Å². The van der Waals surface area contributed by atoms with Gasteiger partial charge in [0.1, 0.15) is 6.04 Å². The van der Waals surface area contributed by atoms with Crippen molar-refractivity contribution < 1.29 is 24.2 Å². The minimum atomic E-state index is -0.962. The van der Waals surface area contributed by atoms with Crippen LogP contribution in [0.15, 0.2) is 0 Å².